The highest BCUT2D eigenvalue weighted by Gasteiger charge is 2.30. The zero-order valence-electron chi connectivity index (χ0n) is 44.8. The average molecular weight is 1090 g/mol. The number of ketones is 1. The Hall–Kier alpha value is -9.53. The van der Waals surface area contributed by atoms with Gasteiger partial charge in [-0.25, -0.2) is 24.1 Å². The summed E-state index contributed by atoms with van der Waals surface area (Å²) >= 11 is 0. The number of carbonyl (C=O) groups excluding carboxylic acids is 7. The fourth-order valence-corrected chi connectivity index (χ4v) is 9.12. The first-order valence-corrected chi connectivity index (χ1v) is 26.5. The van der Waals surface area contributed by atoms with Gasteiger partial charge in [-0.3, -0.25) is 38.8 Å². The molecule has 0 radical (unpaired) electrons. The number of imide groups is 1. The van der Waals surface area contributed by atoms with Crippen LogP contribution in [0.3, 0.4) is 0 Å². The van der Waals surface area contributed by atoms with Crippen LogP contribution in [0.25, 0.3) is 28.3 Å². The fraction of sp³-hybridized carbons (Fsp3) is 0.305. The van der Waals surface area contributed by atoms with Gasteiger partial charge in [-0.15, -0.1) is 0 Å². The number of ether oxygens (including phenoxy) is 2. The molecule has 4 aromatic heterocycles. The second kappa shape index (κ2) is 27.2. The first-order chi connectivity index (χ1) is 38.6. The third-order valence-corrected chi connectivity index (χ3v) is 13.2. The second-order valence-electron chi connectivity index (χ2n) is 19.8. The Morgan fingerprint density at radius 1 is 0.800 bits per heavy atom. The van der Waals surface area contributed by atoms with E-state index >= 15 is 0 Å². The first kappa shape index (κ1) is 56.7. The number of unbranched alkanes of at least 4 members (excludes halogenated alkanes) is 2. The molecule has 7 aromatic rings. The molecule has 2 atom stereocenters. The van der Waals surface area contributed by atoms with Gasteiger partial charge < -0.3 is 36.1 Å². The number of amides is 7. The van der Waals surface area contributed by atoms with Gasteiger partial charge in [0, 0.05) is 73.7 Å². The van der Waals surface area contributed by atoms with Crippen LogP contribution in [0.4, 0.5) is 15.3 Å². The molecule has 3 aromatic carbocycles. The van der Waals surface area contributed by atoms with Crippen molar-refractivity contribution in [2.45, 2.75) is 91.5 Å². The van der Waals surface area contributed by atoms with E-state index in [1.54, 1.807) is 28.8 Å². The lowest BCUT2D eigenvalue weighted by atomic mass is 9.89. The smallest absolute Gasteiger partial charge is 0.410 e. The normalized spacial score (nSPS) is 12.8. The van der Waals surface area contributed by atoms with Crippen molar-refractivity contribution in [2.75, 3.05) is 18.4 Å². The summed E-state index contributed by atoms with van der Waals surface area (Å²) in [5, 5.41) is 12.6. The van der Waals surface area contributed by atoms with Gasteiger partial charge in [0.25, 0.3) is 11.8 Å². The number of aryl methyl sites for hydroxylation is 1. The number of aromatic nitrogens is 6. The molecule has 1 aliphatic heterocycles. The van der Waals surface area contributed by atoms with E-state index in [0.29, 0.717) is 77.0 Å². The Balaban J connectivity index is 0.932. The first-order valence-electron chi connectivity index (χ1n) is 26.5. The highest BCUT2D eigenvalue weighted by atomic mass is 16.6. The largest absolute Gasteiger partial charge is 0.457 e. The number of carbonyl (C=O) groups is 7. The zero-order chi connectivity index (χ0) is 56.5. The molecule has 80 heavy (non-hydrogen) atoms. The zero-order valence-corrected chi connectivity index (χ0v) is 44.8. The number of urea groups is 1. The Bertz CT molecular complexity index is 3340. The quantitative estimate of drug-likeness (QED) is 0.0240. The van der Waals surface area contributed by atoms with Crippen molar-refractivity contribution in [2.24, 2.45) is 17.6 Å². The standard InChI is InChI=1S/C59H64N12O9/c1-38(2)54(68-51(73)20-8-5-9-30-70-52(74)27-28-53(70)75)48(72)32-42(15-12-29-61-58(60)77)57(76)65-44-24-21-40(22-25-44)36-79-59(78)69(33-41-14-11-18-46(31-41)80-45-16-6-4-7-17-45)35-49-66-55(43-23-26-50-62-37-63-71(50)34-43)56(67-49)47-19-10-13-39(3)64-47/h4,6-7,10-11,13-14,16-19,21-28,31,34,37-38,42,54H,5,8-9,12,15,20,29-30,32-33,35-36H2,1-3H3,(H,65,76)(H,66,67)(H,68,73)(H3,60,61,77)/t42-,54+/m1/s1. The monoisotopic (exact) mass is 1080 g/mol. The Kier molecular flexibility index (Phi) is 19.3. The van der Waals surface area contributed by atoms with Crippen molar-refractivity contribution in [3.63, 3.8) is 0 Å². The van der Waals surface area contributed by atoms with E-state index in [2.05, 4.69) is 31.0 Å². The third-order valence-electron chi connectivity index (χ3n) is 13.2. The lowest BCUT2D eigenvalue weighted by Crippen LogP contribution is -2.45. The number of para-hydroxylation sites is 1. The molecule has 0 unspecified atom stereocenters. The van der Waals surface area contributed by atoms with Crippen molar-refractivity contribution >= 4 is 52.9 Å². The van der Waals surface area contributed by atoms with E-state index in [1.807, 2.05) is 112 Å². The summed E-state index contributed by atoms with van der Waals surface area (Å²) in [5.74, 6) is -1.20. The summed E-state index contributed by atoms with van der Waals surface area (Å²) in [6.45, 7) is 5.98. The highest BCUT2D eigenvalue weighted by Crippen LogP contribution is 2.31. The summed E-state index contributed by atoms with van der Waals surface area (Å²) in [5.41, 5.74) is 11.2. The second-order valence-corrected chi connectivity index (χ2v) is 19.8. The number of nitrogens with zero attached hydrogens (tertiary/aromatic N) is 7. The summed E-state index contributed by atoms with van der Waals surface area (Å²) in [6, 6.07) is 31.5. The van der Waals surface area contributed by atoms with Crippen molar-refractivity contribution in [1.82, 2.24) is 50.0 Å². The summed E-state index contributed by atoms with van der Waals surface area (Å²) in [6.07, 6.45) is 7.27. The van der Waals surface area contributed by atoms with Gasteiger partial charge in [0.1, 0.15) is 30.3 Å². The molecule has 8 rings (SSSR count). The fourth-order valence-electron chi connectivity index (χ4n) is 9.12. The van der Waals surface area contributed by atoms with E-state index in [4.69, 9.17) is 25.2 Å². The number of primary amides is 1. The van der Waals surface area contributed by atoms with Crippen LogP contribution in [-0.4, -0.2) is 100 Å². The van der Waals surface area contributed by atoms with E-state index in [1.165, 1.54) is 23.4 Å². The van der Waals surface area contributed by atoms with Crippen LogP contribution in [0.1, 0.15) is 81.4 Å². The maximum atomic E-state index is 14.3. The molecule has 0 saturated heterocycles. The number of H-pyrrole nitrogens is 1. The van der Waals surface area contributed by atoms with Gasteiger partial charge in [-0.05, 0) is 110 Å². The van der Waals surface area contributed by atoms with Gasteiger partial charge >= 0.3 is 12.1 Å². The Labute approximate surface area is 462 Å². The SMILES string of the molecule is Cc1cccc(-c2[nH]c(CN(Cc3cccc(Oc4ccccc4)c3)C(=O)OCc3ccc(NC(=O)[C@H](CCCNC(N)=O)CC(=O)[C@@H](NC(=O)CCCCCN4C(=O)C=CC4=O)C(C)C)cc3)nc2-c2ccc3ncnn3c2)n1. The number of imidazole rings is 1. The van der Waals surface area contributed by atoms with E-state index in [9.17, 15) is 33.6 Å². The van der Waals surface area contributed by atoms with Crippen LogP contribution in [0, 0.1) is 18.8 Å². The minimum atomic E-state index is -0.865. The van der Waals surface area contributed by atoms with Crippen LogP contribution >= 0.6 is 0 Å². The van der Waals surface area contributed by atoms with Crippen molar-refractivity contribution in [3.05, 3.63) is 157 Å². The van der Waals surface area contributed by atoms with Crippen molar-refractivity contribution < 1.29 is 43.0 Å². The predicted octanol–water partition coefficient (Wildman–Crippen LogP) is 8.21. The molecule has 1 aliphatic rings. The number of hydrogen-bond acceptors (Lipinski definition) is 13. The topological polar surface area (TPSA) is 278 Å². The summed E-state index contributed by atoms with van der Waals surface area (Å²) in [7, 11) is 0. The maximum absolute atomic E-state index is 14.3. The van der Waals surface area contributed by atoms with E-state index in [-0.39, 0.29) is 81.5 Å². The third kappa shape index (κ3) is 15.8. The molecule has 21 heteroatoms. The lowest BCUT2D eigenvalue weighted by molar-refractivity contribution is -0.137. The summed E-state index contributed by atoms with van der Waals surface area (Å²) in [4.78, 5) is 111. The van der Waals surface area contributed by atoms with Crippen molar-refractivity contribution in [1.29, 1.82) is 0 Å². The molecule has 414 valence electrons. The number of benzene rings is 3. The molecule has 5 heterocycles. The maximum Gasteiger partial charge on any atom is 0.410 e. The molecule has 0 aliphatic carbocycles. The number of nitrogens with one attached hydrogen (secondary N) is 4. The molecule has 0 bridgehead atoms. The Morgan fingerprint density at radius 3 is 2.31 bits per heavy atom. The van der Waals surface area contributed by atoms with Crippen LogP contribution in [-0.2, 0) is 48.4 Å². The molecular formula is C59H64N12O9. The molecule has 21 nitrogen and oxygen atoms in total. The highest BCUT2D eigenvalue weighted by molar-refractivity contribution is 6.12. The molecule has 0 saturated carbocycles. The molecule has 0 spiro atoms. The van der Waals surface area contributed by atoms with Gasteiger partial charge in [-0.2, -0.15) is 5.10 Å². The molecule has 7 amide bonds. The number of aromatic amines is 1. The molecule has 0 fully saturated rings. The Morgan fingerprint density at radius 2 is 1.56 bits per heavy atom. The minimum Gasteiger partial charge on any atom is -0.457 e. The van der Waals surface area contributed by atoms with Gasteiger partial charge in [0.2, 0.25) is 11.8 Å². The number of fused-ring (bicyclic) bond motifs is 1. The van der Waals surface area contributed by atoms with Gasteiger partial charge in [0.05, 0.1) is 29.7 Å². The van der Waals surface area contributed by atoms with Crippen LogP contribution in [0.15, 0.2) is 134 Å². The average Bonchev–Trinajstić information content (AvgIpc) is 4.20. The lowest BCUT2D eigenvalue weighted by Gasteiger charge is -2.24. The molecule has 6 N–H and O–H groups in total. The minimum absolute atomic E-state index is 0.0115. The van der Waals surface area contributed by atoms with Crippen LogP contribution in [0.5, 0.6) is 11.5 Å². The number of nitrogens with two attached hydrogens (primary N) is 1. The number of hydrogen-bond donors (Lipinski definition) is 5. The summed E-state index contributed by atoms with van der Waals surface area (Å²) < 4.78 is 13.8. The van der Waals surface area contributed by atoms with Gasteiger partial charge in [-0.1, -0.05) is 68.8 Å². The predicted molar refractivity (Wildman–Crippen MR) is 297 cm³/mol. The van der Waals surface area contributed by atoms with Crippen molar-refractivity contribution in [3.8, 4) is 34.1 Å². The van der Waals surface area contributed by atoms with Crippen LogP contribution in [0.2, 0.25) is 0 Å². The number of pyridine rings is 2. The van der Waals surface area contributed by atoms with E-state index < -0.39 is 30.0 Å². The van der Waals surface area contributed by atoms with Gasteiger partial charge in [0.15, 0.2) is 11.4 Å². The number of anilines is 1. The number of Topliss-reactive ketones (excluding diaryl/α,β-unsaturated/α-hetero) is 1. The molecular weight excluding hydrogens is 1020 g/mol. The van der Waals surface area contributed by atoms with Crippen LogP contribution < -0.4 is 26.4 Å². The number of rotatable bonds is 27. The van der Waals surface area contributed by atoms with E-state index in [0.717, 1.165) is 21.7 Å².